The molecule has 0 atom stereocenters. The van der Waals surface area contributed by atoms with E-state index in [0.717, 1.165) is 16.6 Å². The topological polar surface area (TPSA) is 61.6 Å². The van der Waals surface area contributed by atoms with E-state index in [9.17, 15) is 4.79 Å². The molecule has 0 aliphatic rings. The standard InChI is InChI=1S/C18H17NO4/c1-11-5-4-6-16(12(11)2)21-10-18(20)23-14-7-8-15-17(9-14)22-13(3)19-15/h4-9H,10H2,1-3H3. The van der Waals surface area contributed by atoms with Gasteiger partial charge >= 0.3 is 5.97 Å². The van der Waals surface area contributed by atoms with E-state index in [-0.39, 0.29) is 6.61 Å². The molecule has 118 valence electrons. The third-order valence-corrected chi connectivity index (χ3v) is 3.60. The van der Waals surface area contributed by atoms with Crippen LogP contribution in [0.2, 0.25) is 0 Å². The molecule has 5 heteroatoms. The summed E-state index contributed by atoms with van der Waals surface area (Å²) < 4.78 is 16.2. The molecule has 0 unspecified atom stereocenters. The number of esters is 1. The van der Waals surface area contributed by atoms with Crippen LogP contribution in [0.5, 0.6) is 11.5 Å². The SMILES string of the molecule is Cc1nc2ccc(OC(=O)COc3cccc(C)c3C)cc2o1. The molecule has 2 aromatic carbocycles. The summed E-state index contributed by atoms with van der Waals surface area (Å²) in [6.07, 6.45) is 0. The van der Waals surface area contributed by atoms with Gasteiger partial charge in [0, 0.05) is 13.0 Å². The smallest absolute Gasteiger partial charge is 0.349 e. The minimum absolute atomic E-state index is 0.155. The summed E-state index contributed by atoms with van der Waals surface area (Å²) in [5.74, 6) is 1.19. The van der Waals surface area contributed by atoms with Crippen molar-refractivity contribution >= 4 is 17.1 Å². The third kappa shape index (κ3) is 3.34. The van der Waals surface area contributed by atoms with Crippen molar-refractivity contribution in [2.75, 3.05) is 6.61 Å². The number of hydrogen-bond donors (Lipinski definition) is 0. The Hall–Kier alpha value is -2.82. The molecule has 3 rings (SSSR count). The second kappa shape index (κ2) is 6.12. The molecule has 1 heterocycles. The zero-order chi connectivity index (χ0) is 16.4. The fourth-order valence-corrected chi connectivity index (χ4v) is 2.26. The minimum atomic E-state index is -0.471. The van der Waals surface area contributed by atoms with Gasteiger partial charge in [-0.25, -0.2) is 9.78 Å². The second-order valence-electron chi connectivity index (χ2n) is 5.32. The lowest BCUT2D eigenvalue weighted by Crippen LogP contribution is -2.18. The molecular weight excluding hydrogens is 294 g/mol. The van der Waals surface area contributed by atoms with Crippen molar-refractivity contribution in [3.05, 3.63) is 53.4 Å². The summed E-state index contributed by atoms with van der Waals surface area (Å²) in [5.41, 5.74) is 3.44. The maximum Gasteiger partial charge on any atom is 0.349 e. The number of hydrogen-bond acceptors (Lipinski definition) is 5. The molecule has 23 heavy (non-hydrogen) atoms. The van der Waals surface area contributed by atoms with Gasteiger partial charge in [0.1, 0.15) is 17.0 Å². The van der Waals surface area contributed by atoms with Crippen molar-refractivity contribution < 1.29 is 18.7 Å². The maximum atomic E-state index is 11.9. The lowest BCUT2D eigenvalue weighted by molar-refractivity contribution is -0.136. The van der Waals surface area contributed by atoms with Gasteiger partial charge in [-0.15, -0.1) is 0 Å². The largest absolute Gasteiger partial charge is 0.482 e. The average molecular weight is 311 g/mol. The van der Waals surface area contributed by atoms with Crippen LogP contribution in [-0.4, -0.2) is 17.6 Å². The number of nitrogens with zero attached hydrogens (tertiary/aromatic N) is 1. The van der Waals surface area contributed by atoms with Crippen LogP contribution in [0.25, 0.3) is 11.1 Å². The van der Waals surface area contributed by atoms with Crippen molar-refractivity contribution in [3.8, 4) is 11.5 Å². The van der Waals surface area contributed by atoms with Crippen LogP contribution in [0, 0.1) is 20.8 Å². The maximum absolute atomic E-state index is 11.9. The number of aryl methyl sites for hydroxylation is 2. The highest BCUT2D eigenvalue weighted by molar-refractivity contribution is 5.78. The number of aromatic nitrogens is 1. The van der Waals surface area contributed by atoms with Crippen LogP contribution in [0.15, 0.2) is 40.8 Å². The normalized spacial score (nSPS) is 10.7. The van der Waals surface area contributed by atoms with E-state index in [2.05, 4.69) is 4.98 Å². The van der Waals surface area contributed by atoms with Crippen molar-refractivity contribution in [1.29, 1.82) is 0 Å². The van der Waals surface area contributed by atoms with Gasteiger partial charge in [-0.3, -0.25) is 0 Å². The number of fused-ring (bicyclic) bond motifs is 1. The first kappa shape index (κ1) is 15.1. The summed E-state index contributed by atoms with van der Waals surface area (Å²) in [6, 6.07) is 10.8. The van der Waals surface area contributed by atoms with E-state index < -0.39 is 5.97 Å². The van der Waals surface area contributed by atoms with E-state index in [1.165, 1.54) is 0 Å². The van der Waals surface area contributed by atoms with Crippen LogP contribution < -0.4 is 9.47 Å². The Balaban J connectivity index is 1.65. The molecule has 0 bridgehead atoms. The quantitative estimate of drug-likeness (QED) is 0.542. The molecule has 0 spiro atoms. The number of ether oxygens (including phenoxy) is 2. The molecule has 0 N–H and O–H groups in total. The Morgan fingerprint density at radius 1 is 1.17 bits per heavy atom. The molecule has 0 amide bonds. The zero-order valence-corrected chi connectivity index (χ0v) is 13.3. The molecule has 5 nitrogen and oxygen atoms in total. The van der Waals surface area contributed by atoms with Gasteiger partial charge in [0.05, 0.1) is 0 Å². The minimum Gasteiger partial charge on any atom is -0.482 e. The number of carbonyl (C=O) groups excluding carboxylic acids is 1. The first-order valence-corrected chi connectivity index (χ1v) is 7.30. The van der Waals surface area contributed by atoms with Crippen LogP contribution in [0.1, 0.15) is 17.0 Å². The lowest BCUT2D eigenvalue weighted by atomic mass is 10.1. The van der Waals surface area contributed by atoms with E-state index in [1.54, 1.807) is 25.1 Å². The van der Waals surface area contributed by atoms with Gasteiger partial charge in [-0.1, -0.05) is 12.1 Å². The Bertz CT molecular complexity index is 867. The highest BCUT2D eigenvalue weighted by atomic mass is 16.6. The number of rotatable bonds is 4. The second-order valence-corrected chi connectivity index (χ2v) is 5.32. The van der Waals surface area contributed by atoms with Crippen molar-refractivity contribution in [2.45, 2.75) is 20.8 Å². The summed E-state index contributed by atoms with van der Waals surface area (Å²) in [7, 11) is 0. The number of oxazole rings is 1. The molecule has 1 aromatic heterocycles. The van der Waals surface area contributed by atoms with Gasteiger partial charge in [-0.2, -0.15) is 0 Å². The van der Waals surface area contributed by atoms with Crippen molar-refractivity contribution in [1.82, 2.24) is 4.98 Å². The van der Waals surface area contributed by atoms with E-state index >= 15 is 0 Å². The molecule has 0 aliphatic heterocycles. The lowest BCUT2D eigenvalue weighted by Gasteiger charge is -2.10. The average Bonchev–Trinajstić information content (AvgIpc) is 2.88. The van der Waals surface area contributed by atoms with Crippen LogP contribution in [-0.2, 0) is 4.79 Å². The highest BCUT2D eigenvalue weighted by Gasteiger charge is 2.10. The summed E-state index contributed by atoms with van der Waals surface area (Å²) in [4.78, 5) is 16.1. The summed E-state index contributed by atoms with van der Waals surface area (Å²) >= 11 is 0. The van der Waals surface area contributed by atoms with Crippen LogP contribution in [0.4, 0.5) is 0 Å². The number of carbonyl (C=O) groups is 1. The Kier molecular flexibility index (Phi) is 4.02. The predicted octanol–water partition coefficient (Wildman–Crippen LogP) is 3.74. The Morgan fingerprint density at radius 2 is 2.00 bits per heavy atom. The monoisotopic (exact) mass is 311 g/mol. The molecule has 0 saturated carbocycles. The van der Waals surface area contributed by atoms with Gasteiger partial charge < -0.3 is 13.9 Å². The van der Waals surface area contributed by atoms with E-state index in [4.69, 9.17) is 13.9 Å². The van der Waals surface area contributed by atoms with Gasteiger partial charge in [0.2, 0.25) is 0 Å². The molecule has 0 aliphatic carbocycles. The van der Waals surface area contributed by atoms with Gasteiger partial charge in [-0.05, 0) is 43.2 Å². The fraction of sp³-hybridized carbons (Fsp3) is 0.222. The van der Waals surface area contributed by atoms with Gasteiger partial charge in [0.15, 0.2) is 18.1 Å². The predicted molar refractivity (Wildman–Crippen MR) is 85.8 cm³/mol. The summed E-state index contributed by atoms with van der Waals surface area (Å²) in [5, 5.41) is 0. The Morgan fingerprint density at radius 3 is 2.83 bits per heavy atom. The first-order valence-electron chi connectivity index (χ1n) is 7.30. The zero-order valence-electron chi connectivity index (χ0n) is 13.3. The Labute approximate surface area is 133 Å². The van der Waals surface area contributed by atoms with E-state index in [0.29, 0.717) is 23.0 Å². The molecule has 0 saturated heterocycles. The first-order chi connectivity index (χ1) is 11.0. The van der Waals surface area contributed by atoms with Crippen LogP contribution in [0.3, 0.4) is 0 Å². The molecule has 0 fully saturated rings. The van der Waals surface area contributed by atoms with Crippen LogP contribution >= 0.6 is 0 Å². The number of benzene rings is 2. The van der Waals surface area contributed by atoms with Crippen molar-refractivity contribution in [2.24, 2.45) is 0 Å². The van der Waals surface area contributed by atoms with E-state index in [1.807, 2.05) is 32.0 Å². The summed E-state index contributed by atoms with van der Waals surface area (Å²) in [6.45, 7) is 5.56. The molecule has 3 aromatic rings. The molecule has 0 radical (unpaired) electrons. The third-order valence-electron chi connectivity index (χ3n) is 3.60. The van der Waals surface area contributed by atoms with Gasteiger partial charge in [0.25, 0.3) is 0 Å². The molecular formula is C18H17NO4. The van der Waals surface area contributed by atoms with Crippen molar-refractivity contribution in [3.63, 3.8) is 0 Å². The fourth-order valence-electron chi connectivity index (χ4n) is 2.26. The highest BCUT2D eigenvalue weighted by Crippen LogP contribution is 2.22.